The molecule has 0 aliphatic carbocycles. The smallest absolute Gasteiger partial charge is 0.348 e. The number of carboxylic acid groups (broad SMARTS) is 1. The predicted octanol–water partition coefficient (Wildman–Crippen LogP) is 4.37. The van der Waals surface area contributed by atoms with E-state index in [2.05, 4.69) is 38.5 Å². The summed E-state index contributed by atoms with van der Waals surface area (Å²) in [6, 6.07) is 5.94. The van der Waals surface area contributed by atoms with Crippen LogP contribution in [0.5, 0.6) is 0 Å². The molecule has 0 unspecified atom stereocenters. The zero-order chi connectivity index (χ0) is 13.4. The Balaban J connectivity index is 2.68. The summed E-state index contributed by atoms with van der Waals surface area (Å²) in [5.41, 5.74) is 7.99. The summed E-state index contributed by atoms with van der Waals surface area (Å²) >= 11 is 6.93. The van der Waals surface area contributed by atoms with E-state index in [0.29, 0.717) is 5.69 Å². The number of nitrogen functional groups attached to an aromatic ring is 1. The molecule has 0 fully saturated rings. The lowest BCUT2D eigenvalue weighted by molar-refractivity contribution is 0.0703. The van der Waals surface area contributed by atoms with E-state index in [1.807, 2.05) is 25.1 Å². The SMILES string of the molecule is Cc1c(-c2cc(I)ccc2Br)sc(C(=O)O)c1N. The zero-order valence-electron chi connectivity index (χ0n) is 9.33. The number of thiophene rings is 1. The Hall–Kier alpha value is -0.600. The van der Waals surface area contributed by atoms with Crippen molar-refractivity contribution in [2.45, 2.75) is 6.92 Å². The van der Waals surface area contributed by atoms with Crippen LogP contribution in [0.2, 0.25) is 0 Å². The number of nitrogens with two attached hydrogens (primary N) is 1. The summed E-state index contributed by atoms with van der Waals surface area (Å²) in [4.78, 5) is 12.2. The highest BCUT2D eigenvalue weighted by Gasteiger charge is 2.20. The zero-order valence-corrected chi connectivity index (χ0v) is 13.9. The van der Waals surface area contributed by atoms with Crippen LogP contribution in [0.25, 0.3) is 10.4 Å². The van der Waals surface area contributed by atoms with Crippen LogP contribution < -0.4 is 5.73 Å². The fourth-order valence-electron chi connectivity index (χ4n) is 1.61. The van der Waals surface area contributed by atoms with E-state index in [-0.39, 0.29) is 4.88 Å². The standard InChI is InChI=1S/C12H9BrINO2S/c1-5-9(15)11(12(16)17)18-10(5)7-4-6(14)2-3-8(7)13/h2-4H,15H2,1H3,(H,16,17). The molecule has 2 aromatic rings. The van der Waals surface area contributed by atoms with Crippen LogP contribution in [0.3, 0.4) is 0 Å². The van der Waals surface area contributed by atoms with Crippen molar-refractivity contribution in [2.75, 3.05) is 5.73 Å². The number of hydrogen-bond donors (Lipinski definition) is 2. The van der Waals surface area contributed by atoms with E-state index in [1.54, 1.807) is 0 Å². The second kappa shape index (κ2) is 5.18. The van der Waals surface area contributed by atoms with Gasteiger partial charge in [0.1, 0.15) is 4.88 Å². The third-order valence-electron chi connectivity index (χ3n) is 2.56. The minimum atomic E-state index is -0.978. The van der Waals surface area contributed by atoms with Gasteiger partial charge < -0.3 is 10.8 Å². The molecule has 0 atom stereocenters. The summed E-state index contributed by atoms with van der Waals surface area (Å²) in [5, 5.41) is 9.09. The van der Waals surface area contributed by atoms with Crippen molar-refractivity contribution in [3.63, 3.8) is 0 Å². The van der Waals surface area contributed by atoms with Gasteiger partial charge in [-0.2, -0.15) is 0 Å². The van der Waals surface area contributed by atoms with Crippen LogP contribution in [-0.2, 0) is 0 Å². The van der Waals surface area contributed by atoms with E-state index >= 15 is 0 Å². The van der Waals surface area contributed by atoms with Crippen LogP contribution in [-0.4, -0.2) is 11.1 Å². The fraction of sp³-hybridized carbons (Fsp3) is 0.0833. The maximum absolute atomic E-state index is 11.1. The second-order valence-electron chi connectivity index (χ2n) is 3.73. The van der Waals surface area contributed by atoms with Gasteiger partial charge in [0, 0.05) is 18.5 Å². The number of carbonyl (C=O) groups is 1. The summed E-state index contributed by atoms with van der Waals surface area (Å²) in [6.45, 7) is 1.85. The third kappa shape index (κ3) is 2.41. The Morgan fingerprint density at radius 3 is 2.72 bits per heavy atom. The molecule has 0 saturated heterocycles. The number of carboxylic acids is 1. The maximum atomic E-state index is 11.1. The quantitative estimate of drug-likeness (QED) is 0.685. The Bertz CT molecular complexity index is 639. The number of benzene rings is 1. The van der Waals surface area contributed by atoms with E-state index in [1.165, 1.54) is 11.3 Å². The van der Waals surface area contributed by atoms with Crippen molar-refractivity contribution in [3.05, 3.63) is 36.7 Å². The molecule has 3 nitrogen and oxygen atoms in total. The van der Waals surface area contributed by atoms with Gasteiger partial charge in [-0.1, -0.05) is 15.9 Å². The highest BCUT2D eigenvalue weighted by atomic mass is 127. The Morgan fingerprint density at radius 1 is 1.50 bits per heavy atom. The molecule has 0 bridgehead atoms. The lowest BCUT2D eigenvalue weighted by Crippen LogP contribution is -1.97. The van der Waals surface area contributed by atoms with E-state index in [9.17, 15) is 4.79 Å². The highest BCUT2D eigenvalue weighted by molar-refractivity contribution is 14.1. The number of rotatable bonds is 2. The molecule has 0 radical (unpaired) electrons. The van der Waals surface area contributed by atoms with Crippen molar-refractivity contribution < 1.29 is 9.90 Å². The first-order valence-electron chi connectivity index (χ1n) is 4.99. The molecule has 0 saturated carbocycles. The number of halogens is 2. The monoisotopic (exact) mass is 437 g/mol. The Morgan fingerprint density at radius 2 is 2.17 bits per heavy atom. The van der Waals surface area contributed by atoms with Crippen molar-refractivity contribution in [2.24, 2.45) is 0 Å². The van der Waals surface area contributed by atoms with Gasteiger partial charge in [0.2, 0.25) is 0 Å². The summed E-state index contributed by atoms with van der Waals surface area (Å²) in [7, 11) is 0. The minimum Gasteiger partial charge on any atom is -0.477 e. The largest absolute Gasteiger partial charge is 0.477 e. The average molecular weight is 438 g/mol. The molecule has 1 heterocycles. The minimum absolute atomic E-state index is 0.202. The van der Waals surface area contributed by atoms with Crippen LogP contribution in [0.4, 0.5) is 5.69 Å². The van der Waals surface area contributed by atoms with Crippen molar-refractivity contribution in [1.82, 2.24) is 0 Å². The van der Waals surface area contributed by atoms with Gasteiger partial charge in [0.05, 0.1) is 5.69 Å². The molecule has 18 heavy (non-hydrogen) atoms. The van der Waals surface area contributed by atoms with E-state index in [4.69, 9.17) is 10.8 Å². The number of anilines is 1. The topological polar surface area (TPSA) is 63.3 Å². The van der Waals surface area contributed by atoms with Gasteiger partial charge in [0.15, 0.2) is 0 Å². The molecule has 0 spiro atoms. The summed E-state index contributed by atoms with van der Waals surface area (Å²) in [5.74, 6) is -0.978. The summed E-state index contributed by atoms with van der Waals surface area (Å²) in [6.07, 6.45) is 0. The van der Waals surface area contributed by atoms with Gasteiger partial charge in [-0.3, -0.25) is 0 Å². The third-order valence-corrected chi connectivity index (χ3v) is 5.25. The molecular weight excluding hydrogens is 429 g/mol. The first kappa shape index (κ1) is 13.8. The number of aromatic carboxylic acids is 1. The van der Waals surface area contributed by atoms with Crippen molar-refractivity contribution in [3.8, 4) is 10.4 Å². The highest BCUT2D eigenvalue weighted by Crippen LogP contribution is 2.41. The lowest BCUT2D eigenvalue weighted by Gasteiger charge is -2.04. The molecule has 6 heteroatoms. The van der Waals surface area contributed by atoms with Crippen LogP contribution in [0.1, 0.15) is 15.2 Å². The second-order valence-corrected chi connectivity index (χ2v) is 6.85. The number of hydrogen-bond acceptors (Lipinski definition) is 3. The van der Waals surface area contributed by atoms with Crippen LogP contribution in [0, 0.1) is 10.5 Å². The molecule has 0 aliphatic rings. The molecule has 94 valence electrons. The summed E-state index contributed by atoms with van der Waals surface area (Å²) < 4.78 is 2.03. The van der Waals surface area contributed by atoms with Gasteiger partial charge in [-0.15, -0.1) is 11.3 Å². The molecule has 3 N–H and O–H groups in total. The first-order valence-corrected chi connectivity index (χ1v) is 7.68. The normalized spacial score (nSPS) is 10.6. The lowest BCUT2D eigenvalue weighted by atomic mass is 10.1. The van der Waals surface area contributed by atoms with Crippen molar-refractivity contribution in [1.29, 1.82) is 0 Å². The van der Waals surface area contributed by atoms with Gasteiger partial charge in [-0.25, -0.2) is 4.79 Å². The molecule has 1 aromatic carbocycles. The van der Waals surface area contributed by atoms with Crippen LogP contribution in [0.15, 0.2) is 22.7 Å². The fourth-order valence-corrected chi connectivity index (χ4v) is 3.78. The molecular formula is C12H9BrINO2S. The van der Waals surface area contributed by atoms with Gasteiger partial charge in [-0.05, 0) is 53.3 Å². The Kier molecular flexibility index (Phi) is 3.98. The van der Waals surface area contributed by atoms with Gasteiger partial charge in [0.25, 0.3) is 0 Å². The Labute approximate surface area is 130 Å². The molecule has 2 rings (SSSR count). The van der Waals surface area contributed by atoms with Crippen LogP contribution >= 0.6 is 49.9 Å². The molecule has 1 aromatic heterocycles. The molecule has 0 amide bonds. The van der Waals surface area contributed by atoms with E-state index < -0.39 is 5.97 Å². The predicted molar refractivity (Wildman–Crippen MR) is 86.3 cm³/mol. The first-order chi connectivity index (χ1) is 8.41. The average Bonchev–Trinajstić information content (AvgIpc) is 2.60. The molecule has 0 aliphatic heterocycles. The van der Waals surface area contributed by atoms with E-state index in [0.717, 1.165) is 24.0 Å². The van der Waals surface area contributed by atoms with Crippen molar-refractivity contribution >= 4 is 61.5 Å². The maximum Gasteiger partial charge on any atom is 0.348 e. The van der Waals surface area contributed by atoms with Gasteiger partial charge >= 0.3 is 5.97 Å².